The molecule has 20 heteroatoms. The Bertz CT molecular complexity index is 1910. The van der Waals surface area contributed by atoms with Crippen LogP contribution < -0.4 is 14.2 Å². The van der Waals surface area contributed by atoms with Crippen molar-refractivity contribution >= 4 is 58.6 Å². The number of esters is 2. The van der Waals surface area contributed by atoms with Gasteiger partial charge < -0.3 is 28.8 Å². The first kappa shape index (κ1) is 40.1. The molecule has 4 aromatic rings. The van der Waals surface area contributed by atoms with E-state index in [9.17, 15) is 42.8 Å². The molecule has 0 bridgehead atoms. The molecule has 0 atom stereocenters. The standard InChI is InChI=1S/C18H13ClF3NO7.C13H11ClN2O4S/c1-2-28-16(24)9-29-17(25)12-8-11(4-5-14(12)23(26)27)30-15-6-3-10(7-13(15)19)18(20,21)22;1-19-9-6-10(20-2)16-13(15-9)21-8-5-3-4-7(14)11(8)12(17)18/h3-8H,2,9H2,1H3;3-6H,1-2H3,(H,17,18). The van der Waals surface area contributed by atoms with E-state index in [-0.39, 0.29) is 33.7 Å². The number of carbonyl (C=O) groups excluding carboxylic acids is 2. The van der Waals surface area contributed by atoms with Crippen LogP contribution in [-0.2, 0) is 20.4 Å². The number of carboxylic acid groups (broad SMARTS) is 1. The van der Waals surface area contributed by atoms with Crippen molar-refractivity contribution in [3.8, 4) is 23.3 Å². The maximum atomic E-state index is 12.7. The molecule has 1 aromatic heterocycles. The molecule has 0 aliphatic carbocycles. The van der Waals surface area contributed by atoms with E-state index in [0.717, 1.165) is 42.1 Å². The third-order valence-electron chi connectivity index (χ3n) is 5.97. The van der Waals surface area contributed by atoms with Crippen molar-refractivity contribution in [1.82, 2.24) is 9.97 Å². The summed E-state index contributed by atoms with van der Waals surface area (Å²) in [4.78, 5) is 53.8. The van der Waals surface area contributed by atoms with Gasteiger partial charge in [0.05, 0.1) is 53.0 Å². The molecule has 0 radical (unpaired) electrons. The van der Waals surface area contributed by atoms with E-state index < -0.39 is 52.4 Å². The summed E-state index contributed by atoms with van der Waals surface area (Å²) >= 11 is 12.8. The lowest BCUT2D eigenvalue weighted by atomic mass is 10.1. The number of aromatic carboxylic acids is 1. The Hall–Kier alpha value is -5.33. The molecule has 270 valence electrons. The van der Waals surface area contributed by atoms with Crippen LogP contribution in [0.3, 0.4) is 0 Å². The summed E-state index contributed by atoms with van der Waals surface area (Å²) in [7, 11) is 2.94. The van der Waals surface area contributed by atoms with Gasteiger partial charge in [-0.15, -0.1) is 0 Å². The van der Waals surface area contributed by atoms with Crippen LogP contribution in [0.15, 0.2) is 70.7 Å². The number of hydrogen-bond donors (Lipinski definition) is 1. The molecule has 0 fully saturated rings. The molecular formula is C31H24Cl2F3N3O11S. The molecule has 0 amide bonds. The summed E-state index contributed by atoms with van der Waals surface area (Å²) < 4.78 is 62.9. The molecule has 0 saturated heterocycles. The normalized spacial score (nSPS) is 10.7. The average molecular weight is 775 g/mol. The van der Waals surface area contributed by atoms with Gasteiger partial charge >= 0.3 is 24.1 Å². The van der Waals surface area contributed by atoms with E-state index in [4.69, 9.17) is 42.1 Å². The summed E-state index contributed by atoms with van der Waals surface area (Å²) in [5, 5.41) is 20.5. The number of nitro groups is 1. The summed E-state index contributed by atoms with van der Waals surface area (Å²) in [6.45, 7) is 0.825. The van der Waals surface area contributed by atoms with Gasteiger partial charge in [0.25, 0.3) is 5.69 Å². The third-order valence-corrected chi connectivity index (χ3v) is 7.50. The first-order valence-electron chi connectivity index (χ1n) is 13.9. The second kappa shape index (κ2) is 18.1. The van der Waals surface area contributed by atoms with Gasteiger partial charge in [0.2, 0.25) is 11.8 Å². The first-order valence-corrected chi connectivity index (χ1v) is 15.5. The van der Waals surface area contributed by atoms with Crippen molar-refractivity contribution in [3.63, 3.8) is 0 Å². The molecule has 0 aliphatic rings. The van der Waals surface area contributed by atoms with Crippen molar-refractivity contribution in [1.29, 1.82) is 0 Å². The monoisotopic (exact) mass is 773 g/mol. The molecule has 0 saturated carbocycles. The molecule has 0 aliphatic heterocycles. The number of carboxylic acids is 1. The van der Waals surface area contributed by atoms with E-state index in [1.807, 2.05) is 0 Å². The third kappa shape index (κ3) is 11.3. The Morgan fingerprint density at radius 2 is 1.61 bits per heavy atom. The number of methoxy groups -OCH3 is 2. The number of aromatic nitrogens is 2. The lowest BCUT2D eigenvalue weighted by molar-refractivity contribution is -0.385. The quantitative estimate of drug-likeness (QED) is 0.0636. The minimum absolute atomic E-state index is 0.00885. The van der Waals surface area contributed by atoms with Crippen LogP contribution in [0.4, 0.5) is 18.9 Å². The van der Waals surface area contributed by atoms with Gasteiger partial charge in [-0.1, -0.05) is 29.3 Å². The number of carbonyl (C=O) groups is 3. The average Bonchev–Trinajstić information content (AvgIpc) is 3.07. The molecule has 1 N–H and O–H groups in total. The zero-order valence-electron chi connectivity index (χ0n) is 26.4. The summed E-state index contributed by atoms with van der Waals surface area (Å²) in [6, 6.07) is 11.7. The van der Waals surface area contributed by atoms with Crippen molar-refractivity contribution in [2.24, 2.45) is 0 Å². The van der Waals surface area contributed by atoms with Crippen LogP contribution in [0.25, 0.3) is 0 Å². The second-order valence-corrected chi connectivity index (χ2v) is 11.1. The Kier molecular flexibility index (Phi) is 14.2. The van der Waals surface area contributed by atoms with Crippen LogP contribution in [0.2, 0.25) is 10.0 Å². The van der Waals surface area contributed by atoms with Crippen LogP contribution in [-0.4, -0.2) is 65.3 Å². The van der Waals surface area contributed by atoms with Crippen LogP contribution in [0, 0.1) is 10.1 Å². The van der Waals surface area contributed by atoms with Crippen LogP contribution >= 0.6 is 35.0 Å². The summed E-state index contributed by atoms with van der Waals surface area (Å²) in [6.07, 6.45) is -4.61. The van der Waals surface area contributed by atoms with E-state index >= 15 is 0 Å². The Labute approximate surface area is 300 Å². The Morgan fingerprint density at radius 3 is 2.16 bits per heavy atom. The number of rotatable bonds is 12. The topological polar surface area (TPSA) is 187 Å². The lowest BCUT2D eigenvalue weighted by Gasteiger charge is -2.12. The van der Waals surface area contributed by atoms with E-state index in [0.29, 0.717) is 27.9 Å². The SMILES string of the molecule is CCOC(=O)COC(=O)c1cc(Oc2ccc(C(F)(F)F)cc2Cl)ccc1[N+](=O)[O-].COc1cc(OC)nc(Sc2cccc(Cl)c2C(=O)O)n1. The summed E-state index contributed by atoms with van der Waals surface area (Å²) in [5.41, 5.74) is -2.15. The highest BCUT2D eigenvalue weighted by molar-refractivity contribution is 7.99. The van der Waals surface area contributed by atoms with Crippen molar-refractivity contribution in [3.05, 3.63) is 97.5 Å². The predicted molar refractivity (Wildman–Crippen MR) is 174 cm³/mol. The largest absolute Gasteiger partial charge is 0.481 e. The number of nitrogens with zero attached hydrogens (tertiary/aromatic N) is 3. The number of halogens is 5. The van der Waals surface area contributed by atoms with Gasteiger partial charge in [0.15, 0.2) is 11.8 Å². The Balaban J connectivity index is 0.000000293. The van der Waals surface area contributed by atoms with E-state index in [1.165, 1.54) is 33.3 Å². The predicted octanol–water partition coefficient (Wildman–Crippen LogP) is 7.78. The van der Waals surface area contributed by atoms with Gasteiger partial charge in [-0.2, -0.15) is 23.1 Å². The highest BCUT2D eigenvalue weighted by Gasteiger charge is 2.31. The second-order valence-electron chi connectivity index (χ2n) is 9.32. The molecule has 51 heavy (non-hydrogen) atoms. The highest BCUT2D eigenvalue weighted by atomic mass is 35.5. The van der Waals surface area contributed by atoms with E-state index in [1.54, 1.807) is 12.1 Å². The van der Waals surface area contributed by atoms with Gasteiger partial charge in [0.1, 0.15) is 17.1 Å². The fourth-order valence-electron chi connectivity index (χ4n) is 3.73. The molecule has 3 aromatic carbocycles. The van der Waals surface area contributed by atoms with Gasteiger partial charge in [-0.25, -0.2) is 14.4 Å². The molecule has 14 nitrogen and oxygen atoms in total. The minimum atomic E-state index is -4.61. The zero-order chi connectivity index (χ0) is 37.9. The maximum absolute atomic E-state index is 12.7. The lowest BCUT2D eigenvalue weighted by Crippen LogP contribution is -2.17. The fraction of sp³-hybridized carbons (Fsp3) is 0.194. The minimum Gasteiger partial charge on any atom is -0.481 e. The molecule has 0 spiro atoms. The number of hydrogen-bond acceptors (Lipinski definition) is 13. The number of benzene rings is 3. The smallest absolute Gasteiger partial charge is 0.416 e. The highest BCUT2D eigenvalue weighted by Crippen LogP contribution is 2.37. The van der Waals surface area contributed by atoms with Crippen molar-refractivity contribution in [2.75, 3.05) is 27.4 Å². The van der Waals surface area contributed by atoms with Crippen molar-refractivity contribution < 1.29 is 61.3 Å². The number of alkyl halides is 3. The van der Waals surface area contributed by atoms with Crippen LogP contribution in [0.5, 0.6) is 23.3 Å². The number of nitro benzene ring substituents is 1. The molecule has 4 rings (SSSR count). The first-order chi connectivity index (χ1) is 24.1. The fourth-order valence-corrected chi connectivity index (χ4v) is 5.17. The maximum Gasteiger partial charge on any atom is 0.416 e. The summed E-state index contributed by atoms with van der Waals surface area (Å²) in [5.74, 6) is -2.82. The molecule has 0 unspecified atom stereocenters. The Morgan fingerprint density at radius 1 is 0.941 bits per heavy atom. The van der Waals surface area contributed by atoms with Crippen LogP contribution in [0.1, 0.15) is 33.2 Å². The number of ether oxygens (including phenoxy) is 5. The zero-order valence-corrected chi connectivity index (χ0v) is 28.7. The van der Waals surface area contributed by atoms with Gasteiger partial charge in [0, 0.05) is 17.0 Å². The van der Waals surface area contributed by atoms with Crippen molar-refractivity contribution in [2.45, 2.75) is 23.2 Å². The van der Waals surface area contributed by atoms with Gasteiger partial charge in [-0.3, -0.25) is 10.1 Å². The van der Waals surface area contributed by atoms with Gasteiger partial charge in [-0.05, 0) is 55.1 Å². The molecule has 1 heterocycles. The molecular weight excluding hydrogens is 750 g/mol. The van der Waals surface area contributed by atoms with E-state index in [2.05, 4.69) is 14.7 Å².